The Morgan fingerprint density at radius 2 is 1.84 bits per heavy atom. The molecule has 0 saturated carbocycles. The Morgan fingerprint density at radius 1 is 0.946 bits per heavy atom. The number of nitrogens with zero attached hydrogens (tertiary/aromatic N) is 4. The number of ether oxygens (including phenoxy) is 1. The SMILES string of the molecule is Fc1ccc(-c2nccc3[nH]c(-c4[nH]nc5ncc(-c6cncc(OC7CCNCC7)c6)cc45)cc23)s1. The van der Waals surface area contributed by atoms with Crippen molar-refractivity contribution in [3.05, 3.63) is 66.3 Å². The minimum absolute atomic E-state index is 0.200. The molecule has 8 nitrogen and oxygen atoms in total. The Balaban J connectivity index is 1.26. The van der Waals surface area contributed by atoms with Gasteiger partial charge in [-0.05, 0) is 62.3 Å². The number of nitrogens with one attached hydrogen (secondary N) is 3. The summed E-state index contributed by atoms with van der Waals surface area (Å²) in [5, 5.41) is 12.5. The van der Waals surface area contributed by atoms with Crippen molar-refractivity contribution >= 4 is 33.3 Å². The number of fused-ring (bicyclic) bond motifs is 2. The van der Waals surface area contributed by atoms with Gasteiger partial charge in [-0.1, -0.05) is 0 Å². The van der Waals surface area contributed by atoms with Crippen molar-refractivity contribution in [2.75, 3.05) is 13.1 Å². The molecule has 0 spiro atoms. The molecule has 37 heavy (non-hydrogen) atoms. The van der Waals surface area contributed by atoms with Gasteiger partial charge in [0.25, 0.3) is 0 Å². The number of piperidine rings is 1. The molecule has 0 unspecified atom stereocenters. The third kappa shape index (κ3) is 4.13. The summed E-state index contributed by atoms with van der Waals surface area (Å²) in [6, 6.07) is 11.2. The van der Waals surface area contributed by atoms with Gasteiger partial charge < -0.3 is 15.0 Å². The van der Waals surface area contributed by atoms with Gasteiger partial charge in [0.05, 0.1) is 28.2 Å². The summed E-state index contributed by atoms with van der Waals surface area (Å²) >= 11 is 1.08. The predicted octanol–water partition coefficient (Wildman–Crippen LogP) is 5.56. The largest absolute Gasteiger partial charge is 0.489 e. The van der Waals surface area contributed by atoms with Crippen LogP contribution in [0, 0.1) is 5.13 Å². The first-order valence-electron chi connectivity index (χ1n) is 12.1. The number of hydrogen-bond donors (Lipinski definition) is 3. The quantitative estimate of drug-likeness (QED) is 0.280. The molecule has 6 aromatic heterocycles. The first kappa shape index (κ1) is 22.1. The highest BCUT2D eigenvalue weighted by Gasteiger charge is 2.17. The van der Waals surface area contributed by atoms with Gasteiger partial charge in [0, 0.05) is 46.0 Å². The van der Waals surface area contributed by atoms with Gasteiger partial charge in [-0.2, -0.15) is 9.49 Å². The highest BCUT2D eigenvalue weighted by Crippen LogP contribution is 2.36. The average molecular weight is 512 g/mol. The lowest BCUT2D eigenvalue weighted by Crippen LogP contribution is -2.34. The molecule has 0 bridgehead atoms. The zero-order valence-corrected chi connectivity index (χ0v) is 20.5. The Labute approximate surface area is 215 Å². The molecule has 0 atom stereocenters. The van der Waals surface area contributed by atoms with E-state index in [0.29, 0.717) is 5.65 Å². The van der Waals surface area contributed by atoms with Gasteiger partial charge in [-0.3, -0.25) is 15.1 Å². The molecule has 7 heterocycles. The van der Waals surface area contributed by atoms with E-state index in [1.54, 1.807) is 24.7 Å². The van der Waals surface area contributed by atoms with Crippen molar-refractivity contribution in [1.82, 2.24) is 35.5 Å². The molecular weight excluding hydrogens is 489 g/mol. The van der Waals surface area contributed by atoms with Crippen LogP contribution in [0.5, 0.6) is 5.75 Å². The van der Waals surface area contributed by atoms with Gasteiger partial charge in [-0.25, -0.2) is 4.98 Å². The van der Waals surface area contributed by atoms with Gasteiger partial charge in [0.2, 0.25) is 0 Å². The van der Waals surface area contributed by atoms with Crippen LogP contribution in [0.4, 0.5) is 4.39 Å². The smallest absolute Gasteiger partial charge is 0.181 e. The van der Waals surface area contributed by atoms with Crippen molar-refractivity contribution < 1.29 is 9.13 Å². The summed E-state index contributed by atoms with van der Waals surface area (Å²) in [6.45, 7) is 1.94. The molecule has 0 amide bonds. The normalized spacial score (nSPS) is 14.5. The molecule has 7 rings (SSSR count). The Bertz CT molecular complexity index is 1730. The Morgan fingerprint density at radius 3 is 2.70 bits per heavy atom. The Hall–Kier alpha value is -4.15. The molecule has 0 radical (unpaired) electrons. The predicted molar refractivity (Wildman–Crippen MR) is 142 cm³/mol. The van der Waals surface area contributed by atoms with E-state index >= 15 is 0 Å². The summed E-state index contributed by atoms with van der Waals surface area (Å²) in [7, 11) is 0. The molecule has 1 aliphatic rings. The fourth-order valence-corrected chi connectivity index (χ4v) is 5.58. The second-order valence-corrected chi connectivity index (χ2v) is 10.1. The highest BCUT2D eigenvalue weighted by molar-refractivity contribution is 7.13. The van der Waals surface area contributed by atoms with E-state index in [1.165, 1.54) is 6.07 Å². The lowest BCUT2D eigenvalue weighted by molar-refractivity contribution is 0.162. The lowest BCUT2D eigenvalue weighted by atomic mass is 10.1. The molecule has 1 fully saturated rings. The maximum absolute atomic E-state index is 13.7. The van der Waals surface area contributed by atoms with Crippen LogP contribution in [0.3, 0.4) is 0 Å². The van der Waals surface area contributed by atoms with Crippen molar-refractivity contribution in [3.8, 4) is 38.8 Å². The number of rotatable bonds is 5. The fourth-order valence-electron chi connectivity index (χ4n) is 4.84. The van der Waals surface area contributed by atoms with Crippen LogP contribution in [-0.2, 0) is 0 Å². The van der Waals surface area contributed by atoms with E-state index < -0.39 is 0 Å². The van der Waals surface area contributed by atoms with Crippen LogP contribution < -0.4 is 10.1 Å². The minimum Gasteiger partial charge on any atom is -0.489 e. The number of H-pyrrole nitrogens is 2. The number of pyridine rings is 3. The number of aromatic amines is 2. The number of aromatic nitrogens is 6. The summed E-state index contributed by atoms with van der Waals surface area (Å²) < 4.78 is 19.9. The molecule has 3 N–H and O–H groups in total. The van der Waals surface area contributed by atoms with Crippen molar-refractivity contribution in [3.63, 3.8) is 0 Å². The molecule has 0 aromatic carbocycles. The van der Waals surface area contributed by atoms with E-state index in [2.05, 4.69) is 41.5 Å². The monoisotopic (exact) mass is 511 g/mol. The van der Waals surface area contributed by atoms with Crippen molar-refractivity contribution in [1.29, 1.82) is 0 Å². The number of halogens is 1. The molecule has 6 aromatic rings. The number of thiophene rings is 1. The van der Waals surface area contributed by atoms with E-state index in [4.69, 9.17) is 4.74 Å². The van der Waals surface area contributed by atoms with Crippen LogP contribution in [0.15, 0.2) is 61.2 Å². The van der Waals surface area contributed by atoms with E-state index in [0.717, 1.165) is 92.4 Å². The third-order valence-electron chi connectivity index (χ3n) is 6.67. The molecule has 1 aliphatic heterocycles. The lowest BCUT2D eigenvalue weighted by Gasteiger charge is -2.23. The summed E-state index contributed by atoms with van der Waals surface area (Å²) in [5.74, 6) is 0.762. The van der Waals surface area contributed by atoms with Crippen molar-refractivity contribution in [2.24, 2.45) is 0 Å². The zero-order chi connectivity index (χ0) is 24.8. The zero-order valence-electron chi connectivity index (χ0n) is 19.7. The van der Waals surface area contributed by atoms with Gasteiger partial charge in [-0.15, -0.1) is 11.3 Å². The minimum atomic E-state index is -0.234. The maximum atomic E-state index is 13.7. The van der Waals surface area contributed by atoms with Crippen LogP contribution >= 0.6 is 11.3 Å². The van der Waals surface area contributed by atoms with Crippen LogP contribution in [0.2, 0.25) is 0 Å². The van der Waals surface area contributed by atoms with Crippen LogP contribution in [0.25, 0.3) is 55.0 Å². The standard InChI is InChI=1S/C27H22FN7OS/c28-24-2-1-23(37-24)26-19-11-22(33-21(19)5-8-31-26)25-20-10-16(13-32-27(20)35-34-25)15-9-18(14-30-12-15)36-17-3-6-29-7-4-17/h1-2,5,8-14,17,29,33H,3-4,6-7H2,(H,32,34,35). The van der Waals surface area contributed by atoms with E-state index in [9.17, 15) is 4.39 Å². The van der Waals surface area contributed by atoms with E-state index in [-0.39, 0.29) is 11.2 Å². The second kappa shape index (κ2) is 9.06. The molecular formula is C27H22FN7OS. The molecule has 1 saturated heterocycles. The first-order chi connectivity index (χ1) is 18.2. The van der Waals surface area contributed by atoms with Gasteiger partial charge in [0.1, 0.15) is 11.9 Å². The first-order valence-corrected chi connectivity index (χ1v) is 12.9. The number of hydrogen-bond acceptors (Lipinski definition) is 7. The Kier molecular flexibility index (Phi) is 5.40. The maximum Gasteiger partial charge on any atom is 0.181 e. The molecule has 0 aliphatic carbocycles. The van der Waals surface area contributed by atoms with Crippen molar-refractivity contribution in [2.45, 2.75) is 18.9 Å². The summed E-state index contributed by atoms with van der Waals surface area (Å²) in [4.78, 5) is 17.8. The second-order valence-electron chi connectivity index (χ2n) is 9.08. The van der Waals surface area contributed by atoms with Crippen LogP contribution in [-0.4, -0.2) is 49.3 Å². The molecule has 10 heteroatoms. The van der Waals surface area contributed by atoms with E-state index in [1.807, 2.05) is 24.4 Å². The highest BCUT2D eigenvalue weighted by atomic mass is 32.1. The summed E-state index contributed by atoms with van der Waals surface area (Å²) in [5.41, 5.74) is 5.79. The summed E-state index contributed by atoms with van der Waals surface area (Å²) in [6.07, 6.45) is 9.28. The fraction of sp³-hybridized carbons (Fsp3) is 0.185. The van der Waals surface area contributed by atoms with Crippen LogP contribution in [0.1, 0.15) is 12.8 Å². The third-order valence-corrected chi connectivity index (χ3v) is 7.55. The average Bonchev–Trinajstić information content (AvgIpc) is 3.66. The molecule has 184 valence electrons. The van der Waals surface area contributed by atoms with Gasteiger partial charge >= 0.3 is 0 Å². The van der Waals surface area contributed by atoms with Gasteiger partial charge in [0.15, 0.2) is 10.8 Å². The topological polar surface area (TPSA) is 104 Å².